The van der Waals surface area contributed by atoms with Crippen molar-refractivity contribution in [2.24, 2.45) is 0 Å². The van der Waals surface area contributed by atoms with Crippen molar-refractivity contribution in [3.63, 3.8) is 0 Å². The Labute approximate surface area is 153 Å². The van der Waals surface area contributed by atoms with Crippen molar-refractivity contribution in [3.05, 3.63) is 59.1 Å². The van der Waals surface area contributed by atoms with E-state index in [9.17, 15) is 9.59 Å². The fourth-order valence-electron chi connectivity index (χ4n) is 3.07. The number of carbonyl (C=O) groups excluding carboxylic acids is 1. The van der Waals surface area contributed by atoms with Crippen LogP contribution in [-0.2, 0) is 24.3 Å². The van der Waals surface area contributed by atoms with E-state index < -0.39 is 5.97 Å². The van der Waals surface area contributed by atoms with Crippen molar-refractivity contribution in [2.45, 2.75) is 19.5 Å². The van der Waals surface area contributed by atoms with Gasteiger partial charge in [-0.3, -0.25) is 9.59 Å². The minimum Gasteiger partial charge on any atom is -0.480 e. The second-order valence-electron chi connectivity index (χ2n) is 6.04. The number of amides is 1. The van der Waals surface area contributed by atoms with E-state index in [0.29, 0.717) is 25.2 Å². The Morgan fingerprint density at radius 2 is 2.04 bits per heavy atom. The lowest BCUT2D eigenvalue weighted by molar-refractivity contribution is -0.137. The average molecular weight is 368 g/mol. The average Bonchev–Trinajstić information content (AvgIpc) is 3.29. The molecule has 0 fully saturated rings. The first-order valence-electron chi connectivity index (χ1n) is 8.16. The molecule has 1 aliphatic rings. The van der Waals surface area contributed by atoms with Gasteiger partial charge in [0, 0.05) is 29.6 Å². The highest BCUT2D eigenvalue weighted by Crippen LogP contribution is 2.25. The zero-order valence-corrected chi connectivity index (χ0v) is 14.6. The third kappa shape index (κ3) is 3.11. The lowest BCUT2D eigenvalue weighted by Crippen LogP contribution is -2.36. The van der Waals surface area contributed by atoms with Crippen LogP contribution in [-0.4, -0.2) is 43.0 Å². The van der Waals surface area contributed by atoms with Gasteiger partial charge in [-0.2, -0.15) is 0 Å². The van der Waals surface area contributed by atoms with E-state index in [0.717, 1.165) is 22.0 Å². The Balaban J connectivity index is 1.51. The summed E-state index contributed by atoms with van der Waals surface area (Å²) in [5, 5.41) is 11.5. The second-order valence-corrected chi connectivity index (χ2v) is 6.90. The SMILES string of the molecule is O=C(O)Cn1cnc2c1CCN(C(=O)c1csc(-c3ccccc3)n1)C2. The van der Waals surface area contributed by atoms with Crippen LogP contribution < -0.4 is 0 Å². The molecule has 0 bridgehead atoms. The number of aromatic nitrogens is 3. The van der Waals surface area contributed by atoms with Crippen LogP contribution in [0, 0.1) is 0 Å². The largest absolute Gasteiger partial charge is 0.480 e. The molecule has 3 heterocycles. The van der Waals surface area contributed by atoms with Crippen LogP contribution in [0.5, 0.6) is 0 Å². The highest BCUT2D eigenvalue weighted by atomic mass is 32.1. The van der Waals surface area contributed by atoms with Crippen molar-refractivity contribution < 1.29 is 14.7 Å². The monoisotopic (exact) mass is 368 g/mol. The molecule has 26 heavy (non-hydrogen) atoms. The Hall–Kier alpha value is -3.00. The number of aliphatic carboxylic acids is 1. The molecule has 1 N–H and O–H groups in total. The fraction of sp³-hybridized carbons (Fsp3) is 0.222. The quantitative estimate of drug-likeness (QED) is 0.763. The number of hydrogen-bond donors (Lipinski definition) is 1. The number of carboxylic acids is 1. The summed E-state index contributed by atoms with van der Waals surface area (Å²) >= 11 is 1.45. The molecule has 132 valence electrons. The van der Waals surface area contributed by atoms with Crippen molar-refractivity contribution in [1.29, 1.82) is 0 Å². The molecule has 0 aliphatic carbocycles. The van der Waals surface area contributed by atoms with Gasteiger partial charge in [0.1, 0.15) is 17.2 Å². The third-order valence-electron chi connectivity index (χ3n) is 4.33. The summed E-state index contributed by atoms with van der Waals surface area (Å²) in [6.07, 6.45) is 2.12. The van der Waals surface area contributed by atoms with E-state index in [1.807, 2.05) is 30.3 Å². The third-order valence-corrected chi connectivity index (χ3v) is 5.22. The van der Waals surface area contributed by atoms with Gasteiger partial charge in [-0.15, -0.1) is 11.3 Å². The van der Waals surface area contributed by atoms with Gasteiger partial charge in [0.15, 0.2) is 0 Å². The van der Waals surface area contributed by atoms with Gasteiger partial charge in [-0.25, -0.2) is 9.97 Å². The first kappa shape index (κ1) is 16.5. The van der Waals surface area contributed by atoms with Gasteiger partial charge < -0.3 is 14.6 Å². The normalized spacial score (nSPS) is 13.5. The van der Waals surface area contributed by atoms with E-state index >= 15 is 0 Å². The lowest BCUT2D eigenvalue weighted by Gasteiger charge is -2.26. The van der Waals surface area contributed by atoms with E-state index in [4.69, 9.17) is 5.11 Å². The smallest absolute Gasteiger partial charge is 0.323 e. The van der Waals surface area contributed by atoms with Gasteiger partial charge in [0.2, 0.25) is 0 Å². The zero-order chi connectivity index (χ0) is 18.1. The number of imidazole rings is 1. The van der Waals surface area contributed by atoms with Crippen LogP contribution in [0.1, 0.15) is 21.9 Å². The molecule has 0 radical (unpaired) electrons. The maximum absolute atomic E-state index is 12.8. The highest BCUT2D eigenvalue weighted by molar-refractivity contribution is 7.13. The van der Waals surface area contributed by atoms with Crippen LogP contribution in [0.3, 0.4) is 0 Å². The first-order valence-corrected chi connectivity index (χ1v) is 9.04. The molecule has 1 aliphatic heterocycles. The molecule has 3 aromatic rings. The molecule has 8 heteroatoms. The fourth-order valence-corrected chi connectivity index (χ4v) is 3.87. The van der Waals surface area contributed by atoms with E-state index in [-0.39, 0.29) is 12.5 Å². The molecule has 2 aromatic heterocycles. The summed E-state index contributed by atoms with van der Waals surface area (Å²) < 4.78 is 1.63. The predicted molar refractivity (Wildman–Crippen MR) is 95.9 cm³/mol. The van der Waals surface area contributed by atoms with Gasteiger partial charge in [-0.05, 0) is 0 Å². The minimum absolute atomic E-state index is 0.108. The van der Waals surface area contributed by atoms with Crippen LogP contribution in [0.25, 0.3) is 10.6 Å². The molecule has 0 spiro atoms. The standard InChI is InChI=1S/C18H16N4O3S/c23-16(24)9-22-11-19-13-8-21(7-6-15(13)22)18(25)14-10-26-17(20-14)12-4-2-1-3-5-12/h1-5,10-11H,6-9H2,(H,23,24). The maximum Gasteiger partial charge on any atom is 0.323 e. The van der Waals surface area contributed by atoms with E-state index in [1.165, 1.54) is 17.7 Å². The van der Waals surface area contributed by atoms with Crippen molar-refractivity contribution >= 4 is 23.2 Å². The molecule has 1 amide bonds. The number of benzene rings is 1. The topological polar surface area (TPSA) is 88.3 Å². The van der Waals surface area contributed by atoms with Crippen LogP contribution in [0.4, 0.5) is 0 Å². The number of rotatable bonds is 4. The summed E-state index contributed by atoms with van der Waals surface area (Å²) in [5.41, 5.74) is 3.07. The summed E-state index contributed by atoms with van der Waals surface area (Å²) in [7, 11) is 0. The summed E-state index contributed by atoms with van der Waals surface area (Å²) in [6.45, 7) is 0.789. The van der Waals surface area contributed by atoms with Crippen LogP contribution in [0.2, 0.25) is 0 Å². The van der Waals surface area contributed by atoms with Crippen LogP contribution in [0.15, 0.2) is 42.0 Å². The second kappa shape index (κ2) is 6.72. The highest BCUT2D eigenvalue weighted by Gasteiger charge is 2.27. The van der Waals surface area contributed by atoms with Gasteiger partial charge in [0.25, 0.3) is 5.91 Å². The number of carbonyl (C=O) groups is 2. The zero-order valence-electron chi connectivity index (χ0n) is 13.8. The molecular weight excluding hydrogens is 352 g/mol. The first-order chi connectivity index (χ1) is 12.6. The molecule has 0 saturated heterocycles. The maximum atomic E-state index is 12.8. The Morgan fingerprint density at radius 3 is 2.81 bits per heavy atom. The van der Waals surface area contributed by atoms with Gasteiger partial charge in [0.05, 0.1) is 18.6 Å². The number of fused-ring (bicyclic) bond motifs is 1. The molecule has 1 aromatic carbocycles. The number of carboxylic acid groups (broad SMARTS) is 1. The Bertz CT molecular complexity index is 964. The van der Waals surface area contributed by atoms with Crippen molar-refractivity contribution in [1.82, 2.24) is 19.4 Å². The Morgan fingerprint density at radius 1 is 1.23 bits per heavy atom. The van der Waals surface area contributed by atoms with Crippen molar-refractivity contribution in [2.75, 3.05) is 6.54 Å². The summed E-state index contributed by atoms with van der Waals surface area (Å²) in [4.78, 5) is 34.2. The molecule has 4 rings (SSSR count). The number of nitrogens with zero attached hydrogens (tertiary/aromatic N) is 4. The summed E-state index contributed by atoms with van der Waals surface area (Å²) in [6, 6.07) is 9.76. The molecule has 0 atom stereocenters. The molecule has 7 nitrogen and oxygen atoms in total. The summed E-state index contributed by atoms with van der Waals surface area (Å²) in [5.74, 6) is -1.03. The molecular formula is C18H16N4O3S. The number of hydrogen-bond acceptors (Lipinski definition) is 5. The van der Waals surface area contributed by atoms with Crippen molar-refractivity contribution in [3.8, 4) is 10.6 Å². The van der Waals surface area contributed by atoms with Gasteiger partial charge in [-0.1, -0.05) is 30.3 Å². The van der Waals surface area contributed by atoms with E-state index in [1.54, 1.807) is 14.8 Å². The van der Waals surface area contributed by atoms with Gasteiger partial charge >= 0.3 is 5.97 Å². The number of thiazole rings is 1. The molecule has 0 saturated carbocycles. The Kier molecular flexibility index (Phi) is 4.26. The minimum atomic E-state index is -0.903. The molecule has 0 unspecified atom stereocenters. The lowest BCUT2D eigenvalue weighted by atomic mass is 10.1. The van der Waals surface area contributed by atoms with E-state index in [2.05, 4.69) is 9.97 Å². The predicted octanol–water partition coefficient (Wildman–Crippen LogP) is 2.29. The van der Waals surface area contributed by atoms with Crippen LogP contribution >= 0.6 is 11.3 Å².